The number of carbonyl (C=O) groups is 4. The van der Waals surface area contributed by atoms with Crippen LogP contribution in [0.2, 0.25) is 0 Å². The lowest BCUT2D eigenvalue weighted by atomic mass is 9.81. The predicted molar refractivity (Wildman–Crippen MR) is 94.1 cm³/mol. The van der Waals surface area contributed by atoms with Gasteiger partial charge >= 0.3 is 12.0 Å². The number of rotatable bonds is 5. The summed E-state index contributed by atoms with van der Waals surface area (Å²) in [6.07, 6.45) is 8.75. The lowest BCUT2D eigenvalue weighted by Crippen LogP contribution is -2.56. The minimum absolute atomic E-state index is 0.0874. The van der Waals surface area contributed by atoms with E-state index in [0.717, 1.165) is 44.9 Å². The molecule has 0 heterocycles. The summed E-state index contributed by atoms with van der Waals surface area (Å²) in [5, 5.41) is 7.64. The summed E-state index contributed by atoms with van der Waals surface area (Å²) in [6, 6.07) is -0.475. The molecule has 0 aromatic heterocycles. The molecule has 0 aromatic carbocycles. The van der Waals surface area contributed by atoms with Gasteiger partial charge in [0.15, 0.2) is 6.61 Å². The van der Waals surface area contributed by atoms with Crippen LogP contribution in [-0.4, -0.2) is 42.0 Å². The molecule has 2 aliphatic rings. The van der Waals surface area contributed by atoms with Crippen molar-refractivity contribution in [2.45, 2.75) is 82.7 Å². The predicted octanol–water partition coefficient (Wildman–Crippen LogP) is 1.53. The minimum Gasteiger partial charge on any atom is -0.454 e. The van der Waals surface area contributed by atoms with Crippen molar-refractivity contribution in [1.29, 1.82) is 0 Å². The Balaban J connectivity index is 1.78. The van der Waals surface area contributed by atoms with E-state index in [2.05, 4.69) is 16.0 Å². The molecule has 3 N–H and O–H groups in total. The quantitative estimate of drug-likeness (QED) is 0.638. The summed E-state index contributed by atoms with van der Waals surface area (Å²) < 4.78 is 5.09. The first-order valence-corrected chi connectivity index (χ1v) is 9.48. The van der Waals surface area contributed by atoms with E-state index in [1.165, 1.54) is 13.3 Å². The fourth-order valence-electron chi connectivity index (χ4n) is 3.77. The van der Waals surface area contributed by atoms with Gasteiger partial charge in [0.25, 0.3) is 5.91 Å². The molecule has 8 heteroatoms. The van der Waals surface area contributed by atoms with Crippen LogP contribution in [0.25, 0.3) is 0 Å². The van der Waals surface area contributed by atoms with Crippen molar-refractivity contribution in [3.05, 3.63) is 0 Å². The number of ether oxygens (including phenoxy) is 1. The number of esters is 1. The summed E-state index contributed by atoms with van der Waals surface area (Å²) in [7, 11) is 0. The van der Waals surface area contributed by atoms with E-state index in [1.807, 2.05) is 0 Å². The molecule has 4 amide bonds. The van der Waals surface area contributed by atoms with E-state index in [4.69, 9.17) is 4.74 Å². The third-order valence-corrected chi connectivity index (χ3v) is 5.04. The maximum Gasteiger partial charge on any atom is 0.332 e. The van der Waals surface area contributed by atoms with Crippen LogP contribution in [0.5, 0.6) is 0 Å². The molecule has 0 aromatic rings. The molecule has 8 nitrogen and oxygen atoms in total. The van der Waals surface area contributed by atoms with Crippen LogP contribution in [0.1, 0.15) is 71.1 Å². The van der Waals surface area contributed by atoms with Gasteiger partial charge in [-0.1, -0.05) is 38.5 Å². The average molecular weight is 367 g/mol. The van der Waals surface area contributed by atoms with Crippen molar-refractivity contribution < 1.29 is 23.9 Å². The van der Waals surface area contributed by atoms with Gasteiger partial charge in [0.2, 0.25) is 5.91 Å². The van der Waals surface area contributed by atoms with Gasteiger partial charge in [-0.05, 0) is 25.7 Å². The molecule has 0 aliphatic heterocycles. The van der Waals surface area contributed by atoms with Gasteiger partial charge in [-0.25, -0.2) is 9.59 Å². The van der Waals surface area contributed by atoms with Gasteiger partial charge in [-0.2, -0.15) is 0 Å². The fraction of sp³-hybridized carbons (Fsp3) is 0.778. The molecule has 0 bridgehead atoms. The summed E-state index contributed by atoms with van der Waals surface area (Å²) >= 11 is 0. The maximum atomic E-state index is 12.4. The van der Waals surface area contributed by atoms with Crippen LogP contribution < -0.4 is 16.0 Å². The summed E-state index contributed by atoms with van der Waals surface area (Å²) in [6.45, 7) is 0.810. The zero-order chi connectivity index (χ0) is 19.0. The minimum atomic E-state index is -1.06. The summed E-state index contributed by atoms with van der Waals surface area (Å²) in [4.78, 5) is 47.6. The Morgan fingerprint density at radius 1 is 0.962 bits per heavy atom. The van der Waals surface area contributed by atoms with Crippen LogP contribution in [0, 0.1) is 0 Å². The Morgan fingerprint density at radius 3 is 2.19 bits per heavy atom. The van der Waals surface area contributed by atoms with E-state index in [-0.39, 0.29) is 11.9 Å². The van der Waals surface area contributed by atoms with Crippen molar-refractivity contribution in [2.75, 3.05) is 6.61 Å². The molecule has 2 fully saturated rings. The molecule has 146 valence electrons. The van der Waals surface area contributed by atoms with Gasteiger partial charge in [0.1, 0.15) is 5.54 Å². The van der Waals surface area contributed by atoms with Crippen molar-refractivity contribution in [3.63, 3.8) is 0 Å². The lowest BCUT2D eigenvalue weighted by Gasteiger charge is -2.35. The molecule has 0 spiro atoms. The zero-order valence-electron chi connectivity index (χ0n) is 15.4. The Hall–Kier alpha value is -2.12. The second-order valence-electron chi connectivity index (χ2n) is 7.26. The number of carbonyl (C=O) groups excluding carboxylic acids is 4. The number of nitrogens with one attached hydrogen (secondary N) is 3. The molecular weight excluding hydrogens is 338 g/mol. The van der Waals surface area contributed by atoms with E-state index < -0.39 is 30.1 Å². The number of amides is 4. The Labute approximate surface area is 153 Å². The fourth-order valence-corrected chi connectivity index (χ4v) is 3.77. The molecule has 0 radical (unpaired) electrons. The molecule has 26 heavy (non-hydrogen) atoms. The monoisotopic (exact) mass is 367 g/mol. The third-order valence-electron chi connectivity index (χ3n) is 5.04. The van der Waals surface area contributed by atoms with Crippen LogP contribution in [-0.2, 0) is 19.1 Å². The third kappa shape index (κ3) is 6.00. The van der Waals surface area contributed by atoms with Crippen LogP contribution in [0.4, 0.5) is 4.79 Å². The highest BCUT2D eigenvalue weighted by atomic mass is 16.5. The summed E-state index contributed by atoms with van der Waals surface area (Å²) in [5.74, 6) is -1.60. The van der Waals surface area contributed by atoms with Crippen molar-refractivity contribution >= 4 is 23.8 Å². The largest absolute Gasteiger partial charge is 0.454 e. The van der Waals surface area contributed by atoms with Crippen molar-refractivity contribution in [3.8, 4) is 0 Å². The van der Waals surface area contributed by atoms with Crippen LogP contribution in [0.15, 0.2) is 0 Å². The number of hydrogen-bond donors (Lipinski definition) is 3. The van der Waals surface area contributed by atoms with Crippen molar-refractivity contribution in [1.82, 2.24) is 16.0 Å². The molecule has 2 rings (SSSR count). The Morgan fingerprint density at radius 2 is 1.58 bits per heavy atom. The molecule has 2 aliphatic carbocycles. The molecule has 0 unspecified atom stereocenters. The molecule has 0 saturated heterocycles. The van der Waals surface area contributed by atoms with E-state index in [0.29, 0.717) is 12.8 Å². The number of urea groups is 1. The standard InChI is InChI=1S/C18H29N3O5/c1-13(22)21-18(10-6-3-7-11-18)16(24)26-12-15(23)20-17(25)19-14-8-4-2-5-9-14/h14H,2-12H2,1H3,(H,21,22)(H2,19,20,23,25). The maximum absolute atomic E-state index is 12.4. The van der Waals surface area contributed by atoms with Gasteiger partial charge < -0.3 is 15.4 Å². The Kier molecular flexibility index (Phi) is 7.41. The number of imide groups is 1. The zero-order valence-corrected chi connectivity index (χ0v) is 15.4. The van der Waals surface area contributed by atoms with Gasteiger partial charge in [-0.3, -0.25) is 14.9 Å². The second-order valence-corrected chi connectivity index (χ2v) is 7.26. The molecule has 0 atom stereocenters. The normalized spacial score (nSPS) is 19.9. The highest BCUT2D eigenvalue weighted by molar-refractivity contribution is 5.96. The van der Waals surface area contributed by atoms with Gasteiger partial charge in [-0.15, -0.1) is 0 Å². The second kappa shape index (κ2) is 9.54. The van der Waals surface area contributed by atoms with Gasteiger partial charge in [0.05, 0.1) is 0 Å². The van der Waals surface area contributed by atoms with E-state index in [9.17, 15) is 19.2 Å². The van der Waals surface area contributed by atoms with Crippen LogP contribution >= 0.6 is 0 Å². The number of hydrogen-bond acceptors (Lipinski definition) is 5. The SMILES string of the molecule is CC(=O)NC1(C(=O)OCC(=O)NC(=O)NC2CCCCC2)CCCCC1. The molecule has 2 saturated carbocycles. The smallest absolute Gasteiger partial charge is 0.332 e. The first-order chi connectivity index (χ1) is 12.4. The van der Waals surface area contributed by atoms with Crippen molar-refractivity contribution in [2.24, 2.45) is 0 Å². The van der Waals surface area contributed by atoms with E-state index in [1.54, 1.807) is 0 Å². The first kappa shape index (κ1) is 20.2. The first-order valence-electron chi connectivity index (χ1n) is 9.48. The average Bonchev–Trinajstić information content (AvgIpc) is 2.60. The summed E-state index contributed by atoms with van der Waals surface area (Å²) in [5.41, 5.74) is -1.06. The highest BCUT2D eigenvalue weighted by Crippen LogP contribution is 2.29. The topological polar surface area (TPSA) is 114 Å². The van der Waals surface area contributed by atoms with Crippen LogP contribution in [0.3, 0.4) is 0 Å². The lowest BCUT2D eigenvalue weighted by molar-refractivity contribution is -0.158. The van der Waals surface area contributed by atoms with E-state index >= 15 is 0 Å². The highest BCUT2D eigenvalue weighted by Gasteiger charge is 2.42. The molecular formula is C18H29N3O5. The van der Waals surface area contributed by atoms with Gasteiger partial charge in [0, 0.05) is 13.0 Å². The Bertz CT molecular complexity index is 537.